The van der Waals surface area contributed by atoms with Gasteiger partial charge < -0.3 is 4.90 Å². The fourth-order valence-electron chi connectivity index (χ4n) is 2.07. The number of nitrogen functional groups attached to an aromatic ring is 1. The zero-order valence-corrected chi connectivity index (χ0v) is 9.91. The number of aromatic nitrogens is 2. The van der Waals surface area contributed by atoms with Crippen LogP contribution < -0.4 is 16.2 Å². The summed E-state index contributed by atoms with van der Waals surface area (Å²) < 4.78 is 51.1. The molecule has 1 aliphatic heterocycles. The summed E-state index contributed by atoms with van der Waals surface area (Å²) in [7, 11) is 0. The molecule has 2 heterocycles. The molecule has 1 saturated heterocycles. The molecule has 0 spiro atoms. The van der Waals surface area contributed by atoms with Gasteiger partial charge in [-0.15, -0.1) is 0 Å². The molecule has 2 rings (SSSR count). The minimum absolute atomic E-state index is 0.0225. The first-order valence-corrected chi connectivity index (χ1v) is 5.72. The molecule has 1 fully saturated rings. The van der Waals surface area contributed by atoms with E-state index in [-0.39, 0.29) is 37.7 Å². The van der Waals surface area contributed by atoms with Gasteiger partial charge in [-0.05, 0) is 12.8 Å². The van der Waals surface area contributed by atoms with Crippen LogP contribution >= 0.6 is 0 Å². The Labute approximate surface area is 106 Å². The van der Waals surface area contributed by atoms with E-state index in [2.05, 4.69) is 15.4 Å². The Hall–Kier alpha value is -1.64. The molecule has 0 saturated carbocycles. The van der Waals surface area contributed by atoms with E-state index in [0.717, 1.165) is 6.20 Å². The first-order valence-electron chi connectivity index (χ1n) is 5.72. The van der Waals surface area contributed by atoms with Crippen LogP contribution in [-0.2, 0) is 0 Å². The van der Waals surface area contributed by atoms with Crippen molar-refractivity contribution in [3.8, 4) is 0 Å². The molecule has 9 heteroatoms. The summed E-state index contributed by atoms with van der Waals surface area (Å²) in [5, 5.41) is 0. The molecular formula is C10H13F4N5. The molecule has 0 radical (unpaired) electrons. The minimum atomic E-state index is -4.19. The lowest BCUT2D eigenvalue weighted by Gasteiger charge is -2.33. The lowest BCUT2D eigenvalue weighted by Crippen LogP contribution is -2.39. The van der Waals surface area contributed by atoms with Gasteiger partial charge in [-0.3, -0.25) is 5.43 Å². The predicted molar refractivity (Wildman–Crippen MR) is 60.8 cm³/mol. The smallest absolute Gasteiger partial charge is 0.354 e. The summed E-state index contributed by atoms with van der Waals surface area (Å²) in [5.74, 6) is 3.10. The Morgan fingerprint density at radius 2 is 1.95 bits per heavy atom. The standard InChI is InChI=1S/C10H13F4N5/c11-7-5-16-9(18-15)17-8(7)19-3-1-6(2-4-19)10(12,13)14/h5-6H,1-4,15H2,(H,16,17,18). The number of anilines is 2. The van der Waals surface area contributed by atoms with Gasteiger partial charge in [-0.25, -0.2) is 15.2 Å². The van der Waals surface area contributed by atoms with Crippen LogP contribution in [0.1, 0.15) is 12.8 Å². The van der Waals surface area contributed by atoms with Crippen LogP contribution in [0.25, 0.3) is 0 Å². The molecule has 1 aromatic heterocycles. The number of halogens is 4. The normalized spacial score (nSPS) is 17.6. The predicted octanol–water partition coefficient (Wildman–Crippen LogP) is 1.68. The van der Waals surface area contributed by atoms with Gasteiger partial charge in [-0.2, -0.15) is 18.2 Å². The molecule has 0 unspecified atom stereocenters. The molecule has 3 N–H and O–H groups in total. The molecule has 0 bridgehead atoms. The lowest BCUT2D eigenvalue weighted by atomic mass is 9.96. The van der Waals surface area contributed by atoms with Crippen molar-refractivity contribution in [1.29, 1.82) is 0 Å². The van der Waals surface area contributed by atoms with Gasteiger partial charge in [0.1, 0.15) is 0 Å². The van der Waals surface area contributed by atoms with E-state index in [0.29, 0.717) is 0 Å². The maximum atomic E-state index is 13.6. The maximum Gasteiger partial charge on any atom is 0.391 e. The van der Waals surface area contributed by atoms with E-state index >= 15 is 0 Å². The van der Waals surface area contributed by atoms with Crippen LogP contribution in [0, 0.1) is 11.7 Å². The molecular weight excluding hydrogens is 266 g/mol. The van der Waals surface area contributed by atoms with Crippen molar-refractivity contribution in [3.05, 3.63) is 12.0 Å². The summed E-state index contributed by atoms with van der Waals surface area (Å²) in [6, 6.07) is 0. The number of hydrogen-bond donors (Lipinski definition) is 2. The van der Waals surface area contributed by atoms with Crippen LogP contribution in [0.3, 0.4) is 0 Å². The van der Waals surface area contributed by atoms with Crippen LogP contribution in [0.15, 0.2) is 6.20 Å². The fraction of sp³-hybridized carbons (Fsp3) is 0.600. The Kier molecular flexibility index (Phi) is 3.74. The van der Waals surface area contributed by atoms with E-state index in [4.69, 9.17) is 5.84 Å². The van der Waals surface area contributed by atoms with Crippen molar-refractivity contribution in [2.75, 3.05) is 23.4 Å². The molecule has 0 aliphatic carbocycles. The third kappa shape index (κ3) is 3.03. The van der Waals surface area contributed by atoms with E-state index < -0.39 is 17.9 Å². The number of nitrogens with zero attached hydrogens (tertiary/aromatic N) is 3. The van der Waals surface area contributed by atoms with E-state index in [1.807, 2.05) is 0 Å². The SMILES string of the molecule is NNc1ncc(F)c(N2CCC(C(F)(F)F)CC2)n1. The molecule has 0 atom stereocenters. The van der Waals surface area contributed by atoms with Gasteiger partial charge in [0.05, 0.1) is 12.1 Å². The van der Waals surface area contributed by atoms with Gasteiger partial charge in [0.15, 0.2) is 11.6 Å². The van der Waals surface area contributed by atoms with Crippen molar-refractivity contribution in [3.63, 3.8) is 0 Å². The fourth-order valence-corrected chi connectivity index (χ4v) is 2.07. The number of rotatable bonds is 2. The zero-order valence-electron chi connectivity index (χ0n) is 9.91. The number of hydrogen-bond acceptors (Lipinski definition) is 5. The highest BCUT2D eigenvalue weighted by Crippen LogP contribution is 2.35. The van der Waals surface area contributed by atoms with Crippen LogP contribution in [-0.4, -0.2) is 29.2 Å². The highest BCUT2D eigenvalue weighted by molar-refractivity contribution is 5.43. The van der Waals surface area contributed by atoms with Gasteiger partial charge in [0.25, 0.3) is 0 Å². The van der Waals surface area contributed by atoms with Crippen LogP contribution in [0.2, 0.25) is 0 Å². The van der Waals surface area contributed by atoms with Crippen LogP contribution in [0.4, 0.5) is 29.3 Å². The monoisotopic (exact) mass is 279 g/mol. The summed E-state index contributed by atoms with van der Waals surface area (Å²) in [5.41, 5.74) is 2.17. The van der Waals surface area contributed by atoms with Crippen molar-refractivity contribution < 1.29 is 17.6 Å². The van der Waals surface area contributed by atoms with Crippen molar-refractivity contribution >= 4 is 11.8 Å². The zero-order chi connectivity index (χ0) is 14.0. The highest BCUT2D eigenvalue weighted by Gasteiger charge is 2.41. The number of nitrogens with two attached hydrogens (primary N) is 1. The second-order valence-electron chi connectivity index (χ2n) is 4.31. The first-order chi connectivity index (χ1) is 8.91. The number of alkyl halides is 3. The number of nitrogens with one attached hydrogen (secondary N) is 1. The second kappa shape index (κ2) is 5.16. The maximum absolute atomic E-state index is 13.6. The molecule has 0 aromatic carbocycles. The van der Waals surface area contributed by atoms with Gasteiger partial charge in [0.2, 0.25) is 5.95 Å². The third-order valence-corrected chi connectivity index (χ3v) is 3.11. The van der Waals surface area contributed by atoms with Crippen molar-refractivity contribution in [2.45, 2.75) is 19.0 Å². The van der Waals surface area contributed by atoms with E-state index in [1.165, 1.54) is 4.90 Å². The number of hydrazine groups is 1. The topological polar surface area (TPSA) is 67.1 Å². The summed E-state index contributed by atoms with van der Waals surface area (Å²) >= 11 is 0. The molecule has 0 amide bonds. The first kappa shape index (κ1) is 13.8. The molecule has 106 valence electrons. The number of piperidine rings is 1. The quantitative estimate of drug-likeness (QED) is 0.490. The van der Waals surface area contributed by atoms with Gasteiger partial charge in [-0.1, -0.05) is 0 Å². The Bertz CT molecular complexity index is 442. The van der Waals surface area contributed by atoms with E-state index in [9.17, 15) is 17.6 Å². The third-order valence-electron chi connectivity index (χ3n) is 3.11. The lowest BCUT2D eigenvalue weighted by molar-refractivity contribution is -0.179. The highest BCUT2D eigenvalue weighted by atomic mass is 19.4. The van der Waals surface area contributed by atoms with Gasteiger partial charge in [0, 0.05) is 13.1 Å². The largest absolute Gasteiger partial charge is 0.391 e. The molecule has 19 heavy (non-hydrogen) atoms. The van der Waals surface area contributed by atoms with Crippen molar-refractivity contribution in [1.82, 2.24) is 9.97 Å². The van der Waals surface area contributed by atoms with Gasteiger partial charge >= 0.3 is 6.18 Å². The van der Waals surface area contributed by atoms with Crippen LogP contribution in [0.5, 0.6) is 0 Å². The Morgan fingerprint density at radius 1 is 1.32 bits per heavy atom. The van der Waals surface area contributed by atoms with Crippen molar-refractivity contribution in [2.24, 2.45) is 11.8 Å². The summed E-state index contributed by atoms with van der Waals surface area (Å²) in [4.78, 5) is 8.87. The minimum Gasteiger partial charge on any atom is -0.354 e. The summed E-state index contributed by atoms with van der Waals surface area (Å²) in [6.07, 6.45) is -3.40. The average Bonchev–Trinajstić information content (AvgIpc) is 2.38. The molecule has 1 aliphatic rings. The second-order valence-corrected chi connectivity index (χ2v) is 4.31. The molecule has 5 nitrogen and oxygen atoms in total. The summed E-state index contributed by atoms with van der Waals surface area (Å²) in [6.45, 7) is 0.199. The Morgan fingerprint density at radius 3 is 2.47 bits per heavy atom. The average molecular weight is 279 g/mol. The molecule has 1 aromatic rings. The van der Waals surface area contributed by atoms with E-state index in [1.54, 1.807) is 0 Å². The Balaban J connectivity index is 2.09.